The number of hydrogen-bond donors (Lipinski definition) is 1. The minimum atomic E-state index is 0.176. The summed E-state index contributed by atoms with van der Waals surface area (Å²) in [6.07, 6.45) is 7.76. The number of benzene rings is 1. The van der Waals surface area contributed by atoms with Crippen LogP contribution >= 0.6 is 0 Å². The van der Waals surface area contributed by atoms with Gasteiger partial charge in [-0.15, -0.1) is 0 Å². The summed E-state index contributed by atoms with van der Waals surface area (Å²) in [6.45, 7) is 7.96. The van der Waals surface area contributed by atoms with E-state index in [0.717, 1.165) is 18.4 Å². The summed E-state index contributed by atoms with van der Waals surface area (Å²) in [5.41, 5.74) is 8.77. The van der Waals surface area contributed by atoms with E-state index in [-0.39, 0.29) is 6.04 Å². The van der Waals surface area contributed by atoms with Crippen LogP contribution in [0, 0.1) is 5.92 Å². The van der Waals surface area contributed by atoms with Crippen molar-refractivity contribution in [1.29, 1.82) is 0 Å². The van der Waals surface area contributed by atoms with E-state index in [0.29, 0.717) is 0 Å². The van der Waals surface area contributed by atoms with Gasteiger partial charge in [-0.05, 0) is 49.3 Å². The number of hydrogen-bond acceptors (Lipinski definition) is 2. The Labute approximate surface area is 130 Å². The molecule has 1 atom stereocenters. The van der Waals surface area contributed by atoms with Crippen LogP contribution < -0.4 is 10.6 Å². The number of nitrogens with zero attached hydrogens (tertiary/aromatic N) is 1. The van der Waals surface area contributed by atoms with Crippen LogP contribution in [0.25, 0.3) is 0 Å². The monoisotopic (exact) mass is 288 g/mol. The van der Waals surface area contributed by atoms with Crippen molar-refractivity contribution in [2.75, 3.05) is 11.4 Å². The Morgan fingerprint density at radius 3 is 2.29 bits per heavy atom. The lowest BCUT2D eigenvalue weighted by atomic mass is 10.0. The van der Waals surface area contributed by atoms with Crippen LogP contribution in [-0.4, -0.2) is 12.6 Å². The van der Waals surface area contributed by atoms with Gasteiger partial charge in [0.05, 0.1) is 0 Å². The molecule has 21 heavy (non-hydrogen) atoms. The fourth-order valence-electron chi connectivity index (χ4n) is 3.28. The molecule has 0 heterocycles. The van der Waals surface area contributed by atoms with E-state index in [1.807, 2.05) is 0 Å². The van der Waals surface area contributed by atoms with Crippen molar-refractivity contribution < 1.29 is 0 Å². The molecule has 0 saturated heterocycles. The van der Waals surface area contributed by atoms with Gasteiger partial charge < -0.3 is 10.6 Å². The Bertz CT molecular complexity index is 404. The molecule has 2 rings (SSSR count). The van der Waals surface area contributed by atoms with E-state index in [1.54, 1.807) is 0 Å². The third kappa shape index (κ3) is 4.47. The highest BCUT2D eigenvalue weighted by molar-refractivity contribution is 5.49. The normalized spacial score (nSPS) is 17.4. The minimum absolute atomic E-state index is 0.176. The maximum atomic E-state index is 6.13. The summed E-state index contributed by atoms with van der Waals surface area (Å²) in [5, 5.41) is 0. The molecular weight excluding hydrogens is 256 g/mol. The van der Waals surface area contributed by atoms with Gasteiger partial charge in [0.2, 0.25) is 0 Å². The molecule has 1 saturated carbocycles. The highest BCUT2D eigenvalue weighted by atomic mass is 15.2. The van der Waals surface area contributed by atoms with Crippen LogP contribution in [0.15, 0.2) is 24.3 Å². The van der Waals surface area contributed by atoms with E-state index < -0.39 is 0 Å². The summed E-state index contributed by atoms with van der Waals surface area (Å²) in [6, 6.07) is 9.93. The van der Waals surface area contributed by atoms with Crippen molar-refractivity contribution in [3.05, 3.63) is 29.8 Å². The van der Waals surface area contributed by atoms with E-state index >= 15 is 0 Å². The molecule has 2 N–H and O–H groups in total. The van der Waals surface area contributed by atoms with Crippen molar-refractivity contribution in [2.45, 2.75) is 71.4 Å². The van der Waals surface area contributed by atoms with Crippen LogP contribution in [0.1, 0.15) is 70.9 Å². The molecule has 1 unspecified atom stereocenters. The van der Waals surface area contributed by atoms with E-state index in [2.05, 4.69) is 49.9 Å². The van der Waals surface area contributed by atoms with E-state index in [9.17, 15) is 0 Å². The molecule has 1 aromatic rings. The van der Waals surface area contributed by atoms with Crippen LogP contribution in [0.5, 0.6) is 0 Å². The van der Waals surface area contributed by atoms with Crippen LogP contribution in [0.4, 0.5) is 5.69 Å². The van der Waals surface area contributed by atoms with Gasteiger partial charge in [-0.1, -0.05) is 45.7 Å². The molecule has 1 aromatic carbocycles. The largest absolute Gasteiger partial charge is 0.369 e. The number of anilines is 1. The first-order chi connectivity index (χ1) is 10.1. The Kier molecular flexibility index (Phi) is 6.10. The molecule has 0 spiro atoms. The topological polar surface area (TPSA) is 29.3 Å². The average molecular weight is 288 g/mol. The number of nitrogens with two attached hydrogens (primary N) is 1. The summed E-state index contributed by atoms with van der Waals surface area (Å²) >= 11 is 0. The van der Waals surface area contributed by atoms with Crippen LogP contribution in [0.3, 0.4) is 0 Å². The fraction of sp³-hybridized carbons (Fsp3) is 0.684. The Balaban J connectivity index is 2.11. The van der Waals surface area contributed by atoms with Crippen molar-refractivity contribution in [2.24, 2.45) is 11.7 Å². The third-order valence-corrected chi connectivity index (χ3v) is 4.81. The Hall–Kier alpha value is -1.02. The van der Waals surface area contributed by atoms with Gasteiger partial charge in [0.15, 0.2) is 0 Å². The quantitative estimate of drug-likeness (QED) is 0.774. The molecule has 1 fully saturated rings. The van der Waals surface area contributed by atoms with Crippen molar-refractivity contribution in [1.82, 2.24) is 0 Å². The first-order valence-corrected chi connectivity index (χ1v) is 8.74. The van der Waals surface area contributed by atoms with Gasteiger partial charge in [0, 0.05) is 24.3 Å². The molecule has 0 bridgehead atoms. The fourth-order valence-corrected chi connectivity index (χ4v) is 3.28. The summed E-state index contributed by atoms with van der Waals surface area (Å²) in [4.78, 5) is 2.65. The average Bonchev–Trinajstić information content (AvgIpc) is 3.01. The van der Waals surface area contributed by atoms with E-state index in [4.69, 9.17) is 5.73 Å². The third-order valence-electron chi connectivity index (χ3n) is 4.81. The lowest BCUT2D eigenvalue weighted by molar-refractivity contribution is 0.528. The zero-order chi connectivity index (χ0) is 15.2. The maximum Gasteiger partial charge on any atom is 0.0368 e. The first-order valence-electron chi connectivity index (χ1n) is 8.74. The van der Waals surface area contributed by atoms with E-state index in [1.165, 1.54) is 49.9 Å². The van der Waals surface area contributed by atoms with Gasteiger partial charge in [0.25, 0.3) is 0 Å². The van der Waals surface area contributed by atoms with Crippen LogP contribution in [-0.2, 0) is 0 Å². The van der Waals surface area contributed by atoms with Gasteiger partial charge in [0.1, 0.15) is 0 Å². The second-order valence-electron chi connectivity index (χ2n) is 6.92. The zero-order valence-corrected chi connectivity index (χ0v) is 14.0. The SMILES string of the molecule is CCC(N)c1ccc(N(CCC(C)C)C2CCCC2)cc1. The van der Waals surface area contributed by atoms with Crippen LogP contribution in [0.2, 0.25) is 0 Å². The second-order valence-corrected chi connectivity index (χ2v) is 6.92. The highest BCUT2D eigenvalue weighted by Crippen LogP contribution is 2.29. The van der Waals surface area contributed by atoms with Gasteiger partial charge in [-0.2, -0.15) is 0 Å². The lowest BCUT2D eigenvalue weighted by Crippen LogP contribution is -2.34. The molecular formula is C19H32N2. The summed E-state index contributed by atoms with van der Waals surface area (Å²) in [5.74, 6) is 0.765. The predicted octanol–water partition coefficient (Wildman–Crippen LogP) is 4.89. The minimum Gasteiger partial charge on any atom is -0.369 e. The predicted molar refractivity (Wildman–Crippen MR) is 92.7 cm³/mol. The molecule has 1 aliphatic rings. The van der Waals surface area contributed by atoms with Crippen molar-refractivity contribution >= 4 is 5.69 Å². The Morgan fingerprint density at radius 2 is 1.76 bits per heavy atom. The molecule has 2 nitrogen and oxygen atoms in total. The maximum absolute atomic E-state index is 6.13. The smallest absolute Gasteiger partial charge is 0.0368 e. The molecule has 0 aliphatic heterocycles. The van der Waals surface area contributed by atoms with Crippen molar-refractivity contribution in [3.63, 3.8) is 0 Å². The lowest BCUT2D eigenvalue weighted by Gasteiger charge is -2.32. The number of rotatable bonds is 7. The summed E-state index contributed by atoms with van der Waals surface area (Å²) < 4.78 is 0. The van der Waals surface area contributed by atoms with Gasteiger partial charge in [-0.3, -0.25) is 0 Å². The van der Waals surface area contributed by atoms with Crippen molar-refractivity contribution in [3.8, 4) is 0 Å². The molecule has 0 radical (unpaired) electrons. The first kappa shape index (κ1) is 16.4. The standard InChI is InChI=1S/C19H32N2/c1-4-19(20)16-9-11-18(12-10-16)21(14-13-15(2)3)17-7-5-6-8-17/h9-12,15,17,19H,4-8,13-14,20H2,1-3H3. The molecule has 118 valence electrons. The highest BCUT2D eigenvalue weighted by Gasteiger charge is 2.23. The Morgan fingerprint density at radius 1 is 1.14 bits per heavy atom. The molecule has 2 heteroatoms. The molecule has 1 aliphatic carbocycles. The molecule has 0 aromatic heterocycles. The zero-order valence-electron chi connectivity index (χ0n) is 14.0. The van der Waals surface area contributed by atoms with Gasteiger partial charge in [-0.25, -0.2) is 0 Å². The van der Waals surface area contributed by atoms with Gasteiger partial charge >= 0.3 is 0 Å². The second kappa shape index (κ2) is 7.84. The summed E-state index contributed by atoms with van der Waals surface area (Å²) in [7, 11) is 0. The molecule has 0 amide bonds.